The van der Waals surface area contributed by atoms with Gasteiger partial charge in [-0.2, -0.15) is 0 Å². The minimum atomic E-state index is -1.09. The fourth-order valence-corrected chi connectivity index (χ4v) is 4.93. The smallest absolute Gasteiger partial charge is 0.335 e. The summed E-state index contributed by atoms with van der Waals surface area (Å²) < 4.78 is 10.9. The van der Waals surface area contributed by atoms with E-state index in [2.05, 4.69) is 11.1 Å². The van der Waals surface area contributed by atoms with E-state index in [9.17, 15) is 24.6 Å². The first-order valence-corrected chi connectivity index (χ1v) is 11.9. The Morgan fingerprint density at radius 2 is 1.92 bits per heavy atom. The Hall–Kier alpha value is -4.37. The first-order chi connectivity index (χ1) is 17.9. The Bertz CT molecular complexity index is 1530. The molecule has 3 N–H and O–H groups in total. The van der Waals surface area contributed by atoms with Crippen molar-refractivity contribution in [3.05, 3.63) is 98.7 Å². The monoisotopic (exact) mass is 502 g/mol. The molecule has 0 spiro atoms. The van der Waals surface area contributed by atoms with Gasteiger partial charge in [-0.15, -0.1) is 0 Å². The number of benzene rings is 2. The average Bonchev–Trinajstić information content (AvgIpc) is 3.27. The van der Waals surface area contributed by atoms with Gasteiger partial charge in [0.1, 0.15) is 12.4 Å². The number of aromatic nitrogens is 1. The van der Waals surface area contributed by atoms with Gasteiger partial charge < -0.3 is 29.3 Å². The Morgan fingerprint density at radius 3 is 2.65 bits per heavy atom. The normalized spacial score (nSPS) is 13.9. The van der Waals surface area contributed by atoms with Gasteiger partial charge in [-0.1, -0.05) is 30.3 Å². The summed E-state index contributed by atoms with van der Waals surface area (Å²) in [7, 11) is 1.45. The molecule has 1 aliphatic heterocycles. The number of fused-ring (bicyclic) bond motifs is 3. The molecule has 0 saturated heterocycles. The number of aromatic carboxylic acids is 1. The number of aromatic amines is 1. The van der Waals surface area contributed by atoms with Crippen LogP contribution in [0.5, 0.6) is 5.75 Å². The highest BCUT2D eigenvalue weighted by atomic mass is 16.5. The van der Waals surface area contributed by atoms with Crippen LogP contribution in [0.1, 0.15) is 51.0 Å². The molecular weight excluding hydrogens is 476 g/mol. The summed E-state index contributed by atoms with van der Waals surface area (Å²) in [5.74, 6) is -2.52. The fourth-order valence-electron chi connectivity index (χ4n) is 4.93. The molecule has 37 heavy (non-hydrogen) atoms. The largest absolute Gasteiger partial charge is 0.502 e. The van der Waals surface area contributed by atoms with Crippen LogP contribution in [0.15, 0.2) is 63.8 Å². The van der Waals surface area contributed by atoms with Crippen LogP contribution in [-0.2, 0) is 29.1 Å². The molecular formula is C28H26N2O7. The van der Waals surface area contributed by atoms with Crippen molar-refractivity contribution in [1.29, 1.82) is 0 Å². The second kappa shape index (κ2) is 9.94. The zero-order valence-electron chi connectivity index (χ0n) is 20.2. The third-order valence-corrected chi connectivity index (χ3v) is 6.78. The van der Waals surface area contributed by atoms with Crippen LogP contribution in [0.4, 0.5) is 0 Å². The molecule has 2 aromatic carbocycles. The molecule has 0 bridgehead atoms. The van der Waals surface area contributed by atoms with Gasteiger partial charge in [-0.3, -0.25) is 9.59 Å². The van der Waals surface area contributed by atoms with Gasteiger partial charge in [0.2, 0.25) is 17.1 Å². The lowest BCUT2D eigenvalue weighted by Gasteiger charge is -2.29. The van der Waals surface area contributed by atoms with Crippen LogP contribution in [0.3, 0.4) is 0 Å². The predicted molar refractivity (Wildman–Crippen MR) is 135 cm³/mol. The molecule has 0 saturated carbocycles. The molecule has 3 heterocycles. The molecule has 4 aromatic rings. The van der Waals surface area contributed by atoms with Crippen LogP contribution in [0.2, 0.25) is 0 Å². The molecule has 1 atom stereocenters. The lowest BCUT2D eigenvalue weighted by Crippen LogP contribution is -2.36. The summed E-state index contributed by atoms with van der Waals surface area (Å²) >= 11 is 0. The highest BCUT2D eigenvalue weighted by Gasteiger charge is 2.30. The Balaban J connectivity index is 1.48. The van der Waals surface area contributed by atoms with E-state index >= 15 is 0 Å². The molecule has 0 fully saturated rings. The Labute approximate surface area is 211 Å². The fraction of sp³-hybridized carbons (Fsp3) is 0.250. The number of rotatable bonds is 7. The van der Waals surface area contributed by atoms with E-state index in [0.717, 1.165) is 22.7 Å². The van der Waals surface area contributed by atoms with E-state index in [4.69, 9.17) is 9.15 Å². The third kappa shape index (κ3) is 4.73. The molecule has 9 nitrogen and oxygen atoms in total. The maximum absolute atomic E-state index is 13.6. The Morgan fingerprint density at radius 1 is 1.16 bits per heavy atom. The number of hydrogen-bond acceptors (Lipinski definition) is 6. The van der Waals surface area contributed by atoms with Gasteiger partial charge in [0.25, 0.3) is 0 Å². The number of methoxy groups -OCH3 is 1. The zero-order valence-corrected chi connectivity index (χ0v) is 20.2. The predicted octanol–water partition coefficient (Wildman–Crippen LogP) is 3.78. The molecule has 0 aliphatic carbocycles. The summed E-state index contributed by atoms with van der Waals surface area (Å²) in [6, 6.07) is 15.1. The number of hydrogen-bond donors (Lipinski definition) is 3. The van der Waals surface area contributed by atoms with Crippen molar-refractivity contribution >= 4 is 22.8 Å². The SMILES string of the molecule is COCc1cc(=O)c(O)c([C@@H](CC(=O)N2CCc3c([nH]c4ccccc34)C2)c2ccc(C(=O)O)cc2)o1. The van der Waals surface area contributed by atoms with Gasteiger partial charge in [-0.25, -0.2) is 4.79 Å². The van der Waals surface area contributed by atoms with Crippen LogP contribution < -0.4 is 5.43 Å². The summed E-state index contributed by atoms with van der Waals surface area (Å²) in [4.78, 5) is 42.5. The minimum absolute atomic E-state index is 0.0103. The van der Waals surface area contributed by atoms with Gasteiger partial charge in [-0.05, 0) is 35.7 Å². The number of para-hydroxylation sites is 1. The van der Waals surface area contributed by atoms with Crippen molar-refractivity contribution in [2.45, 2.75) is 31.9 Å². The van der Waals surface area contributed by atoms with Crippen molar-refractivity contribution < 1.29 is 29.0 Å². The van der Waals surface area contributed by atoms with Gasteiger partial charge in [0.05, 0.1) is 18.0 Å². The van der Waals surface area contributed by atoms with Crippen molar-refractivity contribution in [3.63, 3.8) is 0 Å². The van der Waals surface area contributed by atoms with Crippen molar-refractivity contribution in [3.8, 4) is 5.75 Å². The van der Waals surface area contributed by atoms with E-state index in [1.54, 1.807) is 17.0 Å². The Kier molecular flexibility index (Phi) is 6.54. The molecule has 0 radical (unpaired) electrons. The molecule has 0 unspecified atom stereocenters. The van der Waals surface area contributed by atoms with E-state index in [1.807, 2.05) is 18.2 Å². The van der Waals surface area contributed by atoms with Gasteiger partial charge in [0, 0.05) is 42.7 Å². The highest BCUT2D eigenvalue weighted by Crippen LogP contribution is 2.35. The third-order valence-electron chi connectivity index (χ3n) is 6.78. The summed E-state index contributed by atoms with van der Waals surface area (Å²) in [6.07, 6.45) is 0.613. The maximum atomic E-state index is 13.6. The molecule has 1 aliphatic rings. The van der Waals surface area contributed by atoms with E-state index in [0.29, 0.717) is 25.1 Å². The molecule has 2 aromatic heterocycles. The highest BCUT2D eigenvalue weighted by molar-refractivity contribution is 5.88. The van der Waals surface area contributed by atoms with Crippen molar-refractivity contribution in [2.24, 2.45) is 0 Å². The summed E-state index contributed by atoms with van der Waals surface area (Å²) in [6.45, 7) is 0.946. The van der Waals surface area contributed by atoms with E-state index < -0.39 is 23.1 Å². The number of carboxylic acids is 1. The quantitative estimate of drug-likeness (QED) is 0.350. The van der Waals surface area contributed by atoms with Gasteiger partial charge >= 0.3 is 5.97 Å². The van der Waals surface area contributed by atoms with Crippen LogP contribution in [-0.4, -0.2) is 45.6 Å². The van der Waals surface area contributed by atoms with Crippen LogP contribution in [0.25, 0.3) is 10.9 Å². The zero-order chi connectivity index (χ0) is 26.1. The van der Waals surface area contributed by atoms with Crippen LogP contribution >= 0.6 is 0 Å². The number of ether oxygens (including phenoxy) is 1. The van der Waals surface area contributed by atoms with E-state index in [-0.39, 0.29) is 36.0 Å². The molecule has 9 heteroatoms. The first-order valence-electron chi connectivity index (χ1n) is 11.9. The second-order valence-corrected chi connectivity index (χ2v) is 9.10. The standard InChI is InChI=1S/C28H26N2O7/c1-36-15-18-12-24(31)26(33)27(37-18)21(16-6-8-17(9-7-16)28(34)35)13-25(32)30-11-10-20-19-4-2-3-5-22(19)29-23(20)14-30/h2-9,12,21,29,33H,10-11,13-15H2,1H3,(H,34,35)/t21-/m0/s1. The lowest BCUT2D eigenvalue weighted by molar-refractivity contribution is -0.132. The lowest BCUT2D eigenvalue weighted by atomic mass is 9.90. The summed E-state index contributed by atoms with van der Waals surface area (Å²) in [5.41, 5.74) is 3.19. The minimum Gasteiger partial charge on any atom is -0.502 e. The maximum Gasteiger partial charge on any atom is 0.335 e. The number of nitrogens with one attached hydrogen (secondary N) is 1. The van der Waals surface area contributed by atoms with Gasteiger partial charge in [0.15, 0.2) is 5.76 Å². The average molecular weight is 503 g/mol. The molecule has 5 rings (SSSR count). The first kappa shape index (κ1) is 24.3. The number of nitrogens with zero attached hydrogens (tertiary/aromatic N) is 1. The molecule has 1 amide bonds. The second-order valence-electron chi connectivity index (χ2n) is 9.10. The summed E-state index contributed by atoms with van der Waals surface area (Å²) in [5, 5.41) is 21.1. The number of aromatic hydroxyl groups is 1. The van der Waals surface area contributed by atoms with Crippen molar-refractivity contribution in [1.82, 2.24) is 9.88 Å². The topological polar surface area (TPSA) is 133 Å². The number of amides is 1. The van der Waals surface area contributed by atoms with Crippen LogP contribution in [0, 0.1) is 0 Å². The number of carbonyl (C=O) groups excluding carboxylic acids is 1. The number of carboxylic acid groups (broad SMARTS) is 1. The number of carbonyl (C=O) groups is 2. The molecule has 190 valence electrons. The number of H-pyrrole nitrogens is 1. The van der Waals surface area contributed by atoms with Crippen molar-refractivity contribution in [2.75, 3.05) is 13.7 Å². The van der Waals surface area contributed by atoms with E-state index in [1.165, 1.54) is 24.8 Å².